The highest BCUT2D eigenvalue weighted by molar-refractivity contribution is 9.10. The first-order valence-corrected chi connectivity index (χ1v) is 24.5. The number of imidazole rings is 1. The van der Waals surface area contributed by atoms with Crippen molar-refractivity contribution < 1.29 is 41.8 Å². The summed E-state index contributed by atoms with van der Waals surface area (Å²) < 4.78 is 49.1. The minimum absolute atomic E-state index is 0.125. The van der Waals surface area contributed by atoms with Gasteiger partial charge in [0.1, 0.15) is 11.4 Å². The van der Waals surface area contributed by atoms with Crippen molar-refractivity contribution in [3.05, 3.63) is 94.1 Å². The van der Waals surface area contributed by atoms with Crippen molar-refractivity contribution in [3.63, 3.8) is 0 Å². The van der Waals surface area contributed by atoms with Gasteiger partial charge in [-0.05, 0) is 108 Å². The molecule has 0 saturated heterocycles. The van der Waals surface area contributed by atoms with Crippen LogP contribution in [0.15, 0.2) is 87.9 Å². The van der Waals surface area contributed by atoms with Crippen LogP contribution in [0.25, 0.3) is 22.6 Å². The van der Waals surface area contributed by atoms with Gasteiger partial charge in [0.15, 0.2) is 23.1 Å². The van der Waals surface area contributed by atoms with E-state index in [1.807, 2.05) is 87.5 Å². The quantitative estimate of drug-likeness (QED) is 0.0569. The van der Waals surface area contributed by atoms with E-state index in [-0.39, 0.29) is 24.0 Å². The molecule has 1 aliphatic rings. The maximum Gasteiger partial charge on any atom is 0.440 e. The standard InChI is InChI=1S/C20H30N2O5S.C11H15BrClO3PS.C11H8N2O/c1-7-25-17(23)11-12-22(14(2)3)28-21(6)19(24)26-16-10-8-9-15-13-20(4,5)27-18(15)16;1-3-7-18-17(14,15-4-2)16-11-6-5-9(12)8-10(11)13;1-2-5-9-8(4-1)12-11(13-9)10-6-3-7-14-10/h8-10,14H,7,11-13H2,1-6H3;5-6,8H,3-4,7H2,1-2H3;1-7H,(H,12,13). The number of hydrogen-bond acceptors (Lipinski definition) is 13. The van der Waals surface area contributed by atoms with Gasteiger partial charge in [0.05, 0.1) is 42.0 Å². The average molecular weight is 968 g/mol. The number of halogens is 2. The molecule has 6 rings (SSSR count). The van der Waals surface area contributed by atoms with Crippen molar-refractivity contribution >= 4 is 80.9 Å². The Kier molecular flexibility index (Phi) is 19.2. The number of ether oxygens (including phenoxy) is 3. The number of para-hydroxylation sites is 3. The van der Waals surface area contributed by atoms with Gasteiger partial charge in [-0.25, -0.2) is 23.0 Å². The summed E-state index contributed by atoms with van der Waals surface area (Å²) in [6, 6.07) is 22.5. The molecular weight excluding hydrogens is 915 g/mol. The van der Waals surface area contributed by atoms with Crippen LogP contribution in [0.2, 0.25) is 5.02 Å². The second-order valence-corrected chi connectivity index (χ2v) is 20.6. The molecule has 0 bridgehead atoms. The molecule has 1 amide bonds. The Hall–Kier alpha value is -3.63. The number of rotatable bonds is 16. The number of hydrogen-bond donors (Lipinski definition) is 1. The van der Waals surface area contributed by atoms with Gasteiger partial charge in [-0.3, -0.25) is 9.32 Å². The molecule has 13 nitrogen and oxygen atoms in total. The largest absolute Gasteiger partial charge is 0.483 e. The number of furan rings is 1. The molecule has 1 N–H and O–H groups in total. The topological polar surface area (TPSA) is 146 Å². The number of nitrogens with zero attached hydrogens (tertiary/aromatic N) is 3. The highest BCUT2D eigenvalue weighted by Gasteiger charge is 2.33. The number of fused-ring (bicyclic) bond motifs is 2. The molecule has 1 aliphatic heterocycles. The summed E-state index contributed by atoms with van der Waals surface area (Å²) >= 11 is 11.7. The lowest BCUT2D eigenvalue weighted by molar-refractivity contribution is -0.143. The minimum Gasteiger partial charge on any atom is -0.483 e. The van der Waals surface area contributed by atoms with Crippen LogP contribution in [-0.4, -0.2) is 74.8 Å². The lowest BCUT2D eigenvalue weighted by Crippen LogP contribution is -2.34. The molecule has 3 aromatic carbocycles. The maximum absolute atomic E-state index is 12.6. The zero-order valence-electron chi connectivity index (χ0n) is 35.1. The van der Waals surface area contributed by atoms with Crippen molar-refractivity contribution in [3.8, 4) is 28.8 Å². The first kappa shape index (κ1) is 49.0. The van der Waals surface area contributed by atoms with Gasteiger partial charge in [0, 0.05) is 54.0 Å². The third-order valence-corrected chi connectivity index (χ3v) is 14.1. The lowest BCUT2D eigenvalue weighted by atomic mass is 10.0. The van der Waals surface area contributed by atoms with E-state index in [1.165, 1.54) is 27.8 Å². The fraction of sp³-hybridized carbons (Fsp3) is 0.405. The monoisotopic (exact) mass is 966 g/mol. The van der Waals surface area contributed by atoms with E-state index < -0.39 is 12.9 Å². The van der Waals surface area contributed by atoms with E-state index >= 15 is 0 Å². The molecule has 60 heavy (non-hydrogen) atoms. The molecule has 0 spiro atoms. The molecule has 326 valence electrons. The molecule has 18 heteroatoms. The summed E-state index contributed by atoms with van der Waals surface area (Å²) in [5.41, 5.74) is 2.70. The second-order valence-electron chi connectivity index (χ2n) is 14.0. The number of aromatic nitrogens is 2. The van der Waals surface area contributed by atoms with Gasteiger partial charge in [-0.15, -0.1) is 0 Å². The smallest absolute Gasteiger partial charge is 0.440 e. The molecular formula is C42H53BrClN4O9PS2. The third-order valence-electron chi connectivity index (χ3n) is 8.14. The van der Waals surface area contributed by atoms with Crippen molar-refractivity contribution in [1.29, 1.82) is 0 Å². The number of amides is 1. The van der Waals surface area contributed by atoms with Gasteiger partial charge < -0.3 is 28.1 Å². The molecule has 3 heterocycles. The van der Waals surface area contributed by atoms with E-state index in [1.54, 1.807) is 51.4 Å². The SMILES string of the molecule is CCCSP(=O)(OCC)Oc1ccc(Br)cc1Cl.CCOC(=O)CCN(SN(C)C(=O)Oc1cccc2c1OC(C)(C)C2)C(C)C.c1coc(-c2nc3ccccc3[nH]2)c1. The van der Waals surface area contributed by atoms with Crippen molar-refractivity contribution in [2.45, 2.75) is 79.4 Å². The molecule has 1 unspecified atom stereocenters. The predicted molar refractivity (Wildman–Crippen MR) is 245 cm³/mol. The zero-order valence-corrected chi connectivity index (χ0v) is 39.9. The Morgan fingerprint density at radius 1 is 1.03 bits per heavy atom. The van der Waals surface area contributed by atoms with Crippen LogP contribution in [0.4, 0.5) is 4.79 Å². The summed E-state index contributed by atoms with van der Waals surface area (Å²) in [6.45, 7) is 11.6. The maximum atomic E-state index is 12.6. The zero-order chi connectivity index (χ0) is 43.9. The number of esters is 1. The first-order chi connectivity index (χ1) is 28.6. The Balaban J connectivity index is 0.000000212. The van der Waals surface area contributed by atoms with Crippen LogP contribution in [0.1, 0.15) is 66.9 Å². The lowest BCUT2D eigenvalue weighted by Gasteiger charge is -2.28. The van der Waals surface area contributed by atoms with Gasteiger partial charge >= 0.3 is 18.9 Å². The van der Waals surface area contributed by atoms with E-state index in [0.29, 0.717) is 47.8 Å². The Bertz CT molecular complexity index is 2160. The third kappa shape index (κ3) is 15.1. The van der Waals surface area contributed by atoms with Gasteiger partial charge in [0.2, 0.25) is 0 Å². The number of nitrogens with one attached hydrogen (secondary N) is 1. The number of benzene rings is 3. The summed E-state index contributed by atoms with van der Waals surface area (Å²) in [7, 11) is 1.64. The van der Waals surface area contributed by atoms with Crippen LogP contribution >= 0.6 is 57.8 Å². The Labute approximate surface area is 374 Å². The number of carbonyl (C=O) groups excluding carboxylic acids is 2. The highest BCUT2D eigenvalue weighted by Crippen LogP contribution is 2.61. The second kappa shape index (κ2) is 23.5. The molecule has 5 aromatic rings. The van der Waals surface area contributed by atoms with Crippen LogP contribution in [-0.2, 0) is 25.0 Å². The van der Waals surface area contributed by atoms with Crippen molar-refractivity contribution in [2.24, 2.45) is 0 Å². The number of aromatic amines is 1. The van der Waals surface area contributed by atoms with Gasteiger partial charge in [0.25, 0.3) is 0 Å². The molecule has 0 aliphatic carbocycles. The van der Waals surface area contributed by atoms with Crippen LogP contribution in [0, 0.1) is 0 Å². The first-order valence-electron chi connectivity index (χ1n) is 19.5. The Morgan fingerprint density at radius 2 is 1.80 bits per heavy atom. The van der Waals surface area contributed by atoms with Crippen molar-refractivity contribution in [2.75, 3.05) is 32.6 Å². The van der Waals surface area contributed by atoms with E-state index in [9.17, 15) is 14.2 Å². The molecule has 1 atom stereocenters. The summed E-state index contributed by atoms with van der Waals surface area (Å²) in [5.74, 6) is 3.42. The summed E-state index contributed by atoms with van der Waals surface area (Å²) in [4.78, 5) is 31.8. The number of carbonyl (C=O) groups is 2. The van der Waals surface area contributed by atoms with Crippen molar-refractivity contribution in [1.82, 2.24) is 18.6 Å². The highest BCUT2D eigenvalue weighted by atomic mass is 79.9. The van der Waals surface area contributed by atoms with Gasteiger partial charge in [-0.1, -0.05) is 58.7 Å². The van der Waals surface area contributed by atoms with Crippen LogP contribution < -0.4 is 14.0 Å². The average Bonchev–Trinajstić information content (AvgIpc) is 3.96. The van der Waals surface area contributed by atoms with E-state index in [0.717, 1.165) is 45.5 Å². The number of H-pyrrole nitrogens is 1. The van der Waals surface area contributed by atoms with Crippen LogP contribution in [0.3, 0.4) is 0 Å². The van der Waals surface area contributed by atoms with E-state index in [4.69, 9.17) is 39.3 Å². The summed E-state index contributed by atoms with van der Waals surface area (Å²) in [5, 5.41) is 0.404. The summed E-state index contributed by atoms with van der Waals surface area (Å²) in [6.07, 6.45) is 3.07. The molecule has 0 fully saturated rings. The molecule has 0 saturated carbocycles. The molecule has 2 aromatic heterocycles. The van der Waals surface area contributed by atoms with Gasteiger partial charge in [-0.2, -0.15) is 0 Å². The fourth-order valence-electron chi connectivity index (χ4n) is 5.45. The minimum atomic E-state index is -3.18. The van der Waals surface area contributed by atoms with Crippen LogP contribution in [0.5, 0.6) is 17.2 Å². The fourth-order valence-corrected chi connectivity index (χ4v) is 10.5. The normalized spacial score (nSPS) is 13.6. The molecule has 0 radical (unpaired) electrons. The Morgan fingerprint density at radius 3 is 2.45 bits per heavy atom. The predicted octanol–water partition coefficient (Wildman–Crippen LogP) is 12.6. The van der Waals surface area contributed by atoms with E-state index in [2.05, 4.69) is 25.9 Å².